The highest BCUT2D eigenvalue weighted by Crippen LogP contribution is 2.24. The Morgan fingerprint density at radius 2 is 1.89 bits per heavy atom. The minimum atomic E-state index is -0.290. The van der Waals surface area contributed by atoms with Crippen molar-refractivity contribution in [2.24, 2.45) is 0 Å². The van der Waals surface area contributed by atoms with Gasteiger partial charge < -0.3 is 10.1 Å². The lowest BCUT2D eigenvalue weighted by molar-refractivity contribution is -0.113. The number of hydrogen-bond donors (Lipinski definition) is 2. The summed E-state index contributed by atoms with van der Waals surface area (Å²) in [6, 6.07) is 14.8. The molecule has 0 saturated heterocycles. The van der Waals surface area contributed by atoms with Gasteiger partial charge in [0.25, 0.3) is 5.91 Å². The van der Waals surface area contributed by atoms with Gasteiger partial charge in [-0.05, 0) is 43.7 Å². The molecule has 2 amide bonds. The molecular weight excluding hydrogens is 486 g/mol. The first-order valence-electron chi connectivity index (χ1n) is 10.6. The largest absolute Gasteiger partial charge is 0.496 e. The summed E-state index contributed by atoms with van der Waals surface area (Å²) >= 11 is 2.55. The molecule has 35 heavy (non-hydrogen) atoms. The highest BCUT2D eigenvalue weighted by molar-refractivity contribution is 7.99. The number of rotatable bonds is 9. The number of thioether (sulfide) groups is 1. The van der Waals surface area contributed by atoms with Gasteiger partial charge >= 0.3 is 0 Å². The third kappa shape index (κ3) is 6.03. The van der Waals surface area contributed by atoms with E-state index >= 15 is 0 Å². The van der Waals surface area contributed by atoms with Crippen molar-refractivity contribution in [2.75, 3.05) is 18.2 Å². The molecule has 2 heterocycles. The number of hydrogen-bond acceptors (Lipinski definition) is 9. The lowest BCUT2D eigenvalue weighted by Gasteiger charge is -2.12. The van der Waals surface area contributed by atoms with Gasteiger partial charge in [0, 0.05) is 5.69 Å². The maximum absolute atomic E-state index is 12.8. The van der Waals surface area contributed by atoms with Crippen LogP contribution in [0.4, 0.5) is 5.13 Å². The number of amides is 2. The third-order valence-electron chi connectivity index (χ3n) is 4.82. The minimum Gasteiger partial charge on any atom is -0.496 e. The highest BCUT2D eigenvalue weighted by atomic mass is 32.2. The van der Waals surface area contributed by atoms with Crippen LogP contribution in [-0.4, -0.2) is 49.6 Å². The number of nitrogens with zero attached hydrogens (tertiary/aromatic N) is 5. The van der Waals surface area contributed by atoms with E-state index < -0.39 is 0 Å². The van der Waals surface area contributed by atoms with Crippen LogP contribution in [0.5, 0.6) is 5.75 Å². The SMILES string of the molecule is COc1ccccc1C(=O)NCc1nnc(SCC(=O)Nc2nnc(C)s2)n1-c1cccc(C)c1. The van der Waals surface area contributed by atoms with Crippen LogP contribution in [0.15, 0.2) is 53.7 Å². The summed E-state index contributed by atoms with van der Waals surface area (Å²) in [5, 5.41) is 23.8. The fraction of sp³-hybridized carbons (Fsp3) is 0.217. The molecule has 0 bridgehead atoms. The number of carbonyl (C=O) groups is 2. The van der Waals surface area contributed by atoms with Crippen molar-refractivity contribution in [2.45, 2.75) is 25.5 Å². The predicted octanol–water partition coefficient (Wildman–Crippen LogP) is 3.41. The maximum Gasteiger partial charge on any atom is 0.255 e. The standard InChI is InChI=1S/C23H23N7O3S2/c1-14-7-6-8-16(11-14)30-19(12-24-21(32)17-9-4-5-10-18(17)33-3)27-29-23(30)34-13-20(31)25-22-28-26-15(2)35-22/h4-11H,12-13H2,1-3H3,(H,24,32)(H,25,28,31). The molecule has 12 heteroatoms. The first-order chi connectivity index (χ1) is 16.9. The lowest BCUT2D eigenvalue weighted by Crippen LogP contribution is -2.25. The van der Waals surface area contributed by atoms with Crippen molar-refractivity contribution < 1.29 is 14.3 Å². The van der Waals surface area contributed by atoms with Crippen LogP contribution < -0.4 is 15.4 Å². The molecule has 2 aromatic heterocycles. The molecule has 0 aliphatic heterocycles. The molecule has 0 radical (unpaired) electrons. The predicted molar refractivity (Wildman–Crippen MR) is 134 cm³/mol. The molecule has 4 rings (SSSR count). The Labute approximate surface area is 210 Å². The van der Waals surface area contributed by atoms with Gasteiger partial charge in [-0.1, -0.05) is 47.4 Å². The average Bonchev–Trinajstić information content (AvgIpc) is 3.46. The topological polar surface area (TPSA) is 124 Å². The Bertz CT molecular complexity index is 1350. The summed E-state index contributed by atoms with van der Waals surface area (Å²) in [4.78, 5) is 25.2. The second kappa shape index (κ2) is 11.1. The maximum atomic E-state index is 12.8. The Balaban J connectivity index is 1.52. The first kappa shape index (κ1) is 24.4. The number of ether oxygens (including phenoxy) is 1. The molecule has 0 saturated carbocycles. The fourth-order valence-corrected chi connectivity index (χ4v) is 4.63. The Morgan fingerprint density at radius 1 is 1.06 bits per heavy atom. The number of anilines is 1. The quantitative estimate of drug-likeness (QED) is 0.329. The number of para-hydroxylation sites is 1. The van der Waals surface area contributed by atoms with E-state index in [9.17, 15) is 9.59 Å². The van der Waals surface area contributed by atoms with E-state index in [0.717, 1.165) is 16.3 Å². The second-order valence-corrected chi connectivity index (χ2v) is 9.54. The Kier molecular flexibility index (Phi) is 7.73. The van der Waals surface area contributed by atoms with E-state index in [1.807, 2.05) is 42.7 Å². The molecule has 0 unspecified atom stereocenters. The fourth-order valence-electron chi connectivity index (χ4n) is 3.25. The molecule has 0 fully saturated rings. The summed E-state index contributed by atoms with van der Waals surface area (Å²) in [6.07, 6.45) is 0. The molecule has 0 aliphatic rings. The lowest BCUT2D eigenvalue weighted by atomic mass is 10.2. The molecule has 2 aromatic carbocycles. The summed E-state index contributed by atoms with van der Waals surface area (Å²) < 4.78 is 7.12. The van der Waals surface area contributed by atoms with E-state index in [1.165, 1.54) is 30.2 Å². The zero-order valence-electron chi connectivity index (χ0n) is 19.3. The van der Waals surface area contributed by atoms with Crippen LogP contribution in [0.2, 0.25) is 0 Å². The van der Waals surface area contributed by atoms with Crippen molar-refractivity contribution in [3.8, 4) is 11.4 Å². The Hall–Kier alpha value is -3.77. The molecule has 0 spiro atoms. The summed E-state index contributed by atoms with van der Waals surface area (Å²) in [5.74, 6) is 0.605. The van der Waals surface area contributed by atoms with Gasteiger partial charge in [0.2, 0.25) is 11.0 Å². The summed E-state index contributed by atoms with van der Waals surface area (Å²) in [6.45, 7) is 3.94. The van der Waals surface area contributed by atoms with E-state index in [2.05, 4.69) is 31.0 Å². The number of aryl methyl sites for hydroxylation is 2. The zero-order chi connectivity index (χ0) is 24.8. The second-order valence-electron chi connectivity index (χ2n) is 7.42. The monoisotopic (exact) mass is 509 g/mol. The number of carbonyl (C=O) groups excluding carboxylic acids is 2. The van der Waals surface area contributed by atoms with Crippen LogP contribution in [0, 0.1) is 13.8 Å². The first-order valence-corrected chi connectivity index (χ1v) is 12.4. The number of nitrogens with one attached hydrogen (secondary N) is 2. The van der Waals surface area contributed by atoms with Crippen LogP contribution in [0.1, 0.15) is 26.8 Å². The third-order valence-corrected chi connectivity index (χ3v) is 6.51. The summed E-state index contributed by atoms with van der Waals surface area (Å²) in [7, 11) is 1.52. The molecule has 2 N–H and O–H groups in total. The molecular formula is C23H23N7O3S2. The van der Waals surface area contributed by atoms with Gasteiger partial charge in [0.05, 0.1) is 25.0 Å². The normalized spacial score (nSPS) is 10.7. The van der Waals surface area contributed by atoms with E-state index in [4.69, 9.17) is 4.74 Å². The molecule has 10 nitrogen and oxygen atoms in total. The Morgan fingerprint density at radius 3 is 2.63 bits per heavy atom. The van der Waals surface area contributed by atoms with Crippen LogP contribution in [0.3, 0.4) is 0 Å². The number of benzene rings is 2. The van der Waals surface area contributed by atoms with Crippen molar-refractivity contribution in [1.29, 1.82) is 0 Å². The summed E-state index contributed by atoms with van der Waals surface area (Å²) in [5.41, 5.74) is 2.31. The van der Waals surface area contributed by atoms with Crippen LogP contribution in [0.25, 0.3) is 5.69 Å². The average molecular weight is 510 g/mol. The van der Waals surface area contributed by atoms with Gasteiger partial charge in [-0.2, -0.15) is 0 Å². The molecule has 4 aromatic rings. The van der Waals surface area contributed by atoms with Crippen LogP contribution >= 0.6 is 23.1 Å². The number of aromatic nitrogens is 5. The van der Waals surface area contributed by atoms with E-state index in [1.54, 1.807) is 24.3 Å². The van der Waals surface area contributed by atoms with Crippen molar-refractivity contribution in [3.63, 3.8) is 0 Å². The zero-order valence-corrected chi connectivity index (χ0v) is 20.9. The van der Waals surface area contributed by atoms with Gasteiger partial charge in [-0.3, -0.25) is 19.5 Å². The van der Waals surface area contributed by atoms with Crippen molar-refractivity contribution in [1.82, 2.24) is 30.3 Å². The van der Waals surface area contributed by atoms with E-state index in [-0.39, 0.29) is 24.1 Å². The minimum absolute atomic E-state index is 0.107. The van der Waals surface area contributed by atoms with Gasteiger partial charge in [0.1, 0.15) is 10.8 Å². The van der Waals surface area contributed by atoms with Gasteiger partial charge in [-0.15, -0.1) is 20.4 Å². The van der Waals surface area contributed by atoms with E-state index in [0.29, 0.717) is 27.4 Å². The van der Waals surface area contributed by atoms with Crippen LogP contribution in [-0.2, 0) is 11.3 Å². The molecule has 0 aliphatic carbocycles. The van der Waals surface area contributed by atoms with Crippen molar-refractivity contribution in [3.05, 3.63) is 70.5 Å². The highest BCUT2D eigenvalue weighted by Gasteiger charge is 2.18. The molecule has 0 atom stereocenters. The number of methoxy groups -OCH3 is 1. The molecule has 180 valence electrons. The smallest absolute Gasteiger partial charge is 0.255 e. The van der Waals surface area contributed by atoms with Gasteiger partial charge in [0.15, 0.2) is 11.0 Å². The van der Waals surface area contributed by atoms with Gasteiger partial charge in [-0.25, -0.2) is 0 Å². The van der Waals surface area contributed by atoms with Crippen molar-refractivity contribution >= 4 is 40.0 Å².